The van der Waals surface area contributed by atoms with E-state index in [-0.39, 0.29) is 29.8 Å². The summed E-state index contributed by atoms with van der Waals surface area (Å²) in [5.74, 6) is 0.398. The lowest BCUT2D eigenvalue weighted by molar-refractivity contribution is 0.291. The second kappa shape index (κ2) is 5.72. The minimum absolute atomic E-state index is 0.0401. The van der Waals surface area contributed by atoms with Gasteiger partial charge in [-0.15, -0.1) is 0 Å². The van der Waals surface area contributed by atoms with Gasteiger partial charge < -0.3 is 9.64 Å². The predicted molar refractivity (Wildman–Crippen MR) is 81.8 cm³/mol. The van der Waals surface area contributed by atoms with E-state index >= 15 is 0 Å². The van der Waals surface area contributed by atoms with Gasteiger partial charge in [0.15, 0.2) is 0 Å². The number of ether oxygens (including phenoxy) is 1. The summed E-state index contributed by atoms with van der Waals surface area (Å²) < 4.78 is 20.4. The maximum Gasteiger partial charge on any atom is 0.352 e. The number of hydrogen-bond acceptors (Lipinski definition) is 5. The number of anilines is 1. The zero-order chi connectivity index (χ0) is 16.6. The van der Waals surface area contributed by atoms with Crippen molar-refractivity contribution in [1.29, 1.82) is 5.26 Å². The van der Waals surface area contributed by atoms with Crippen molar-refractivity contribution in [2.45, 2.75) is 26.1 Å². The van der Waals surface area contributed by atoms with E-state index in [0.717, 1.165) is 5.82 Å². The fraction of sp³-hybridized carbons (Fsp3) is 0.312. The van der Waals surface area contributed by atoms with Gasteiger partial charge in [-0.3, -0.25) is 4.57 Å². The highest BCUT2D eigenvalue weighted by atomic mass is 19.1. The van der Waals surface area contributed by atoms with Crippen molar-refractivity contribution in [1.82, 2.24) is 9.55 Å². The van der Waals surface area contributed by atoms with Crippen LogP contribution in [0.4, 0.5) is 10.2 Å². The van der Waals surface area contributed by atoms with Crippen LogP contribution >= 0.6 is 0 Å². The lowest BCUT2D eigenvalue weighted by atomic mass is 10.1. The minimum Gasteiger partial charge on any atom is -0.473 e. The summed E-state index contributed by atoms with van der Waals surface area (Å²) in [6, 6.07) is 7.88. The average molecular weight is 314 g/mol. The summed E-state index contributed by atoms with van der Waals surface area (Å²) >= 11 is 0. The van der Waals surface area contributed by atoms with Gasteiger partial charge in [-0.1, -0.05) is 6.07 Å². The molecule has 1 aromatic heterocycles. The summed E-state index contributed by atoms with van der Waals surface area (Å²) in [4.78, 5) is 17.9. The van der Waals surface area contributed by atoms with Crippen LogP contribution in [0.15, 0.2) is 29.1 Å². The van der Waals surface area contributed by atoms with Crippen molar-refractivity contribution < 1.29 is 9.13 Å². The van der Waals surface area contributed by atoms with Crippen molar-refractivity contribution >= 4 is 5.82 Å². The number of fused-ring (bicyclic) bond motifs is 1. The summed E-state index contributed by atoms with van der Waals surface area (Å²) in [6.07, 6.45) is 0. The zero-order valence-electron chi connectivity index (χ0n) is 12.8. The van der Waals surface area contributed by atoms with Crippen molar-refractivity contribution in [3.8, 4) is 11.9 Å². The Kier molecular flexibility index (Phi) is 3.74. The second-order valence-corrected chi connectivity index (χ2v) is 5.52. The molecule has 1 aliphatic rings. The Labute approximate surface area is 132 Å². The Morgan fingerprint density at radius 2 is 2.26 bits per heavy atom. The van der Waals surface area contributed by atoms with E-state index in [9.17, 15) is 9.18 Å². The standard InChI is InChI=1S/C16H15FN4O2/c1-10-8-21-15(20(10)2)6-14(19-16(21)22)23-9-11-3-4-13(17)12(5-11)7-18/h3-6,10H,8-9H2,1-2H3/t10-/m0/s1. The molecule has 23 heavy (non-hydrogen) atoms. The molecule has 0 aliphatic carbocycles. The second-order valence-electron chi connectivity index (χ2n) is 5.52. The van der Waals surface area contributed by atoms with Crippen LogP contribution in [0, 0.1) is 17.1 Å². The van der Waals surface area contributed by atoms with Gasteiger partial charge in [-0.2, -0.15) is 10.2 Å². The largest absolute Gasteiger partial charge is 0.473 e. The highest BCUT2D eigenvalue weighted by Gasteiger charge is 2.25. The zero-order valence-corrected chi connectivity index (χ0v) is 12.8. The van der Waals surface area contributed by atoms with Gasteiger partial charge in [0.25, 0.3) is 0 Å². The summed E-state index contributed by atoms with van der Waals surface area (Å²) in [6.45, 7) is 2.72. The van der Waals surface area contributed by atoms with Crippen molar-refractivity contribution in [3.63, 3.8) is 0 Å². The first-order chi connectivity index (χ1) is 11.0. The Morgan fingerprint density at radius 1 is 1.48 bits per heavy atom. The van der Waals surface area contributed by atoms with Gasteiger partial charge >= 0.3 is 5.69 Å². The van der Waals surface area contributed by atoms with Crippen molar-refractivity contribution in [2.75, 3.05) is 11.9 Å². The van der Waals surface area contributed by atoms with E-state index in [1.54, 1.807) is 16.7 Å². The molecule has 1 atom stereocenters. The molecule has 0 saturated carbocycles. The number of nitriles is 1. The maximum absolute atomic E-state index is 13.3. The van der Waals surface area contributed by atoms with E-state index in [1.165, 1.54) is 18.2 Å². The fourth-order valence-electron chi connectivity index (χ4n) is 2.53. The first-order valence-electron chi connectivity index (χ1n) is 7.15. The normalized spacial score (nSPS) is 16.1. The SMILES string of the molecule is C[C@H]1Cn2c(cc(OCc3ccc(F)c(C#N)c3)nc2=O)N1C. The van der Waals surface area contributed by atoms with Crippen LogP contribution in [0.1, 0.15) is 18.1 Å². The molecule has 0 unspecified atom stereocenters. The molecule has 0 radical (unpaired) electrons. The van der Waals surface area contributed by atoms with E-state index in [1.807, 2.05) is 18.9 Å². The molecule has 2 aromatic rings. The molecule has 0 saturated heterocycles. The first-order valence-corrected chi connectivity index (χ1v) is 7.15. The van der Waals surface area contributed by atoms with Crippen LogP contribution in [0.25, 0.3) is 0 Å². The first kappa shape index (κ1) is 15.0. The lowest BCUT2D eigenvalue weighted by Gasteiger charge is -2.16. The predicted octanol–water partition coefficient (Wildman–Crippen LogP) is 1.67. The van der Waals surface area contributed by atoms with Crippen molar-refractivity contribution in [2.24, 2.45) is 0 Å². The maximum atomic E-state index is 13.3. The van der Waals surface area contributed by atoms with Crippen LogP contribution in [0.3, 0.4) is 0 Å². The quantitative estimate of drug-likeness (QED) is 0.862. The van der Waals surface area contributed by atoms with Crippen LogP contribution < -0.4 is 15.3 Å². The number of likely N-dealkylation sites (N-methyl/N-ethyl adjacent to an activating group) is 1. The number of benzene rings is 1. The van der Waals surface area contributed by atoms with Crippen LogP contribution in [-0.4, -0.2) is 22.6 Å². The van der Waals surface area contributed by atoms with Gasteiger partial charge in [0.2, 0.25) is 5.88 Å². The number of rotatable bonds is 3. The Balaban J connectivity index is 1.81. The molecule has 6 nitrogen and oxygen atoms in total. The molecule has 0 fully saturated rings. The molecular formula is C16H15FN4O2. The molecule has 0 spiro atoms. The van der Waals surface area contributed by atoms with E-state index in [0.29, 0.717) is 12.1 Å². The number of nitrogens with zero attached hydrogens (tertiary/aromatic N) is 4. The topological polar surface area (TPSA) is 71.1 Å². The third-order valence-electron chi connectivity index (χ3n) is 3.97. The highest BCUT2D eigenvalue weighted by molar-refractivity contribution is 5.45. The minimum atomic E-state index is -0.569. The molecule has 3 rings (SSSR count). The highest BCUT2D eigenvalue weighted by Crippen LogP contribution is 2.24. The number of hydrogen-bond donors (Lipinski definition) is 0. The molecule has 0 amide bonds. The fourth-order valence-corrected chi connectivity index (χ4v) is 2.53. The average Bonchev–Trinajstić information content (AvgIpc) is 2.83. The molecule has 0 bridgehead atoms. The molecule has 118 valence electrons. The van der Waals surface area contributed by atoms with Gasteiger partial charge in [-0.25, -0.2) is 9.18 Å². The molecule has 7 heteroatoms. The Bertz CT molecular complexity index is 856. The van der Waals surface area contributed by atoms with Crippen LogP contribution in [0.5, 0.6) is 5.88 Å². The molecule has 2 heterocycles. The van der Waals surface area contributed by atoms with E-state index in [4.69, 9.17) is 10.00 Å². The molecular weight excluding hydrogens is 299 g/mol. The monoisotopic (exact) mass is 314 g/mol. The van der Waals surface area contributed by atoms with Crippen LogP contribution in [0.2, 0.25) is 0 Å². The van der Waals surface area contributed by atoms with Gasteiger partial charge in [0.05, 0.1) is 5.56 Å². The number of halogens is 1. The third-order valence-corrected chi connectivity index (χ3v) is 3.97. The van der Waals surface area contributed by atoms with Crippen LogP contribution in [-0.2, 0) is 13.2 Å². The van der Waals surface area contributed by atoms with Gasteiger partial charge in [0, 0.05) is 25.7 Å². The summed E-state index contributed by atoms with van der Waals surface area (Å²) in [5, 5.41) is 8.83. The summed E-state index contributed by atoms with van der Waals surface area (Å²) in [7, 11) is 1.91. The number of aromatic nitrogens is 2. The molecule has 1 aliphatic heterocycles. The third kappa shape index (κ3) is 2.75. The smallest absolute Gasteiger partial charge is 0.352 e. The summed E-state index contributed by atoms with van der Waals surface area (Å²) in [5.41, 5.74) is 0.235. The molecule has 0 N–H and O–H groups in total. The Hall–Kier alpha value is -2.88. The van der Waals surface area contributed by atoms with Crippen molar-refractivity contribution in [3.05, 3.63) is 51.7 Å². The van der Waals surface area contributed by atoms with Gasteiger partial charge in [-0.05, 0) is 24.6 Å². The van der Waals surface area contributed by atoms with E-state index in [2.05, 4.69) is 4.98 Å². The molecule has 1 aromatic carbocycles. The Morgan fingerprint density at radius 3 is 3.00 bits per heavy atom. The lowest BCUT2D eigenvalue weighted by Crippen LogP contribution is -2.23. The van der Waals surface area contributed by atoms with E-state index < -0.39 is 5.82 Å². The van der Waals surface area contributed by atoms with Gasteiger partial charge in [0.1, 0.15) is 24.3 Å².